The Morgan fingerprint density at radius 1 is 1.20 bits per heavy atom. The molecule has 0 bridgehead atoms. The van der Waals surface area contributed by atoms with Gasteiger partial charge in [-0.1, -0.05) is 12.1 Å². The predicted molar refractivity (Wildman–Crippen MR) is 103 cm³/mol. The van der Waals surface area contributed by atoms with E-state index in [1.165, 1.54) is 22.0 Å². The molecule has 0 saturated heterocycles. The molecule has 0 aliphatic rings. The van der Waals surface area contributed by atoms with Crippen LogP contribution in [0.5, 0.6) is 0 Å². The molecule has 0 aliphatic carbocycles. The summed E-state index contributed by atoms with van der Waals surface area (Å²) in [7, 11) is 0. The number of nitrogens with one attached hydrogen (secondary N) is 3. The molecule has 0 saturated carbocycles. The van der Waals surface area contributed by atoms with Crippen LogP contribution < -0.4 is 10.6 Å². The van der Waals surface area contributed by atoms with Crippen molar-refractivity contribution < 1.29 is 4.42 Å². The van der Waals surface area contributed by atoms with Crippen LogP contribution in [-0.2, 0) is 12.8 Å². The lowest BCUT2D eigenvalue weighted by molar-refractivity contribution is 0.510. The summed E-state index contributed by atoms with van der Waals surface area (Å²) in [6.45, 7) is 6.58. The van der Waals surface area contributed by atoms with E-state index in [4.69, 9.17) is 4.42 Å². The van der Waals surface area contributed by atoms with E-state index in [9.17, 15) is 0 Å². The van der Waals surface area contributed by atoms with E-state index in [0.29, 0.717) is 6.54 Å². The number of hydrogen-bond donors (Lipinski definition) is 3. The van der Waals surface area contributed by atoms with Crippen LogP contribution >= 0.6 is 0 Å². The highest BCUT2D eigenvalue weighted by molar-refractivity contribution is 5.84. The van der Waals surface area contributed by atoms with Gasteiger partial charge in [-0.3, -0.25) is 4.99 Å². The summed E-state index contributed by atoms with van der Waals surface area (Å²) in [4.78, 5) is 7.97. The minimum Gasteiger partial charge on any atom is -0.469 e. The molecular formula is C20H26N4O. The third kappa shape index (κ3) is 4.66. The van der Waals surface area contributed by atoms with Crippen LogP contribution in [0.2, 0.25) is 0 Å². The number of rotatable bonds is 7. The van der Waals surface area contributed by atoms with E-state index >= 15 is 0 Å². The van der Waals surface area contributed by atoms with Gasteiger partial charge in [-0.05, 0) is 49.6 Å². The third-order valence-corrected chi connectivity index (χ3v) is 4.16. The number of aliphatic imine (C=N–C) groups is 1. The zero-order valence-electron chi connectivity index (χ0n) is 14.9. The number of hydrogen-bond acceptors (Lipinski definition) is 2. The van der Waals surface area contributed by atoms with Gasteiger partial charge in [-0.15, -0.1) is 0 Å². The molecule has 0 fully saturated rings. The summed E-state index contributed by atoms with van der Waals surface area (Å²) in [5.74, 6) is 1.82. The Kier molecular flexibility index (Phi) is 5.77. The Morgan fingerprint density at radius 2 is 2.12 bits per heavy atom. The molecule has 25 heavy (non-hydrogen) atoms. The lowest BCUT2D eigenvalue weighted by Gasteiger charge is -2.11. The quantitative estimate of drug-likeness (QED) is 0.457. The first-order valence-electron chi connectivity index (χ1n) is 8.87. The van der Waals surface area contributed by atoms with Gasteiger partial charge >= 0.3 is 0 Å². The van der Waals surface area contributed by atoms with Crippen LogP contribution in [0, 0.1) is 6.92 Å². The molecule has 5 nitrogen and oxygen atoms in total. The molecule has 132 valence electrons. The van der Waals surface area contributed by atoms with E-state index < -0.39 is 0 Å². The third-order valence-electron chi connectivity index (χ3n) is 4.16. The van der Waals surface area contributed by atoms with Gasteiger partial charge in [0.1, 0.15) is 5.76 Å². The van der Waals surface area contributed by atoms with Crippen LogP contribution in [-0.4, -0.2) is 30.6 Å². The van der Waals surface area contributed by atoms with Gasteiger partial charge in [-0.25, -0.2) is 0 Å². The number of guanidine groups is 1. The van der Waals surface area contributed by atoms with E-state index in [1.54, 1.807) is 6.26 Å². The minimum absolute atomic E-state index is 0.704. The number of fused-ring (bicyclic) bond motifs is 1. The van der Waals surface area contributed by atoms with Gasteiger partial charge in [-0.2, -0.15) is 0 Å². The monoisotopic (exact) mass is 338 g/mol. The minimum atomic E-state index is 0.704. The van der Waals surface area contributed by atoms with Gasteiger partial charge < -0.3 is 20.0 Å². The summed E-state index contributed by atoms with van der Waals surface area (Å²) in [5, 5.41) is 8.00. The molecule has 2 heterocycles. The summed E-state index contributed by atoms with van der Waals surface area (Å²) >= 11 is 0. The Hall–Kier alpha value is -2.69. The first-order chi connectivity index (χ1) is 12.3. The SMILES string of the molecule is CCNC(=NCCc1ccco1)NCCc1c[nH]c2cc(C)ccc12. The zero-order valence-corrected chi connectivity index (χ0v) is 14.9. The summed E-state index contributed by atoms with van der Waals surface area (Å²) in [6.07, 6.45) is 5.56. The zero-order chi connectivity index (χ0) is 17.5. The maximum absolute atomic E-state index is 5.34. The molecule has 3 N–H and O–H groups in total. The fourth-order valence-corrected chi connectivity index (χ4v) is 2.90. The first-order valence-corrected chi connectivity index (χ1v) is 8.87. The van der Waals surface area contributed by atoms with Crippen molar-refractivity contribution in [2.45, 2.75) is 26.7 Å². The average Bonchev–Trinajstić information content (AvgIpc) is 3.24. The summed E-state index contributed by atoms with van der Waals surface area (Å²) < 4.78 is 5.34. The van der Waals surface area contributed by atoms with Gasteiger partial charge in [0.15, 0.2) is 5.96 Å². The maximum atomic E-state index is 5.34. The number of aromatic nitrogens is 1. The molecule has 5 heteroatoms. The number of nitrogens with zero attached hydrogens (tertiary/aromatic N) is 1. The van der Waals surface area contributed by atoms with Crippen molar-refractivity contribution in [3.8, 4) is 0 Å². The van der Waals surface area contributed by atoms with Crippen molar-refractivity contribution in [2.24, 2.45) is 4.99 Å². The number of furan rings is 1. The predicted octanol–water partition coefficient (Wildman–Crippen LogP) is 3.41. The van der Waals surface area contributed by atoms with Crippen molar-refractivity contribution in [3.05, 3.63) is 59.7 Å². The van der Waals surface area contributed by atoms with E-state index in [-0.39, 0.29) is 0 Å². The molecule has 1 aromatic carbocycles. The molecule has 0 atom stereocenters. The molecule has 0 spiro atoms. The first kappa shape index (κ1) is 17.1. The fourth-order valence-electron chi connectivity index (χ4n) is 2.90. The Morgan fingerprint density at radius 3 is 2.92 bits per heavy atom. The molecule has 0 aliphatic heterocycles. The lowest BCUT2D eigenvalue weighted by atomic mass is 10.1. The highest BCUT2D eigenvalue weighted by atomic mass is 16.3. The highest BCUT2D eigenvalue weighted by Crippen LogP contribution is 2.19. The summed E-state index contributed by atoms with van der Waals surface area (Å²) in [5.41, 5.74) is 3.81. The second kappa shape index (κ2) is 8.42. The van der Waals surface area contributed by atoms with Gasteiger partial charge in [0.25, 0.3) is 0 Å². The van der Waals surface area contributed by atoms with Crippen LogP contribution in [0.25, 0.3) is 10.9 Å². The van der Waals surface area contributed by atoms with E-state index in [1.807, 2.05) is 12.1 Å². The molecule has 0 amide bonds. The number of benzene rings is 1. The second-order valence-electron chi connectivity index (χ2n) is 6.13. The summed E-state index contributed by atoms with van der Waals surface area (Å²) in [6, 6.07) is 10.4. The van der Waals surface area contributed by atoms with Crippen molar-refractivity contribution >= 4 is 16.9 Å². The average molecular weight is 338 g/mol. The molecule has 3 rings (SSSR count). The molecule has 0 unspecified atom stereocenters. The van der Waals surface area contributed by atoms with E-state index in [2.05, 4.69) is 58.9 Å². The second-order valence-corrected chi connectivity index (χ2v) is 6.13. The number of H-pyrrole nitrogens is 1. The van der Waals surface area contributed by atoms with Gasteiger partial charge in [0, 0.05) is 43.2 Å². The Labute approximate surface area is 148 Å². The molecule has 3 aromatic rings. The van der Waals surface area contributed by atoms with Crippen molar-refractivity contribution in [1.29, 1.82) is 0 Å². The van der Waals surface area contributed by atoms with Crippen molar-refractivity contribution in [1.82, 2.24) is 15.6 Å². The normalized spacial score (nSPS) is 11.8. The van der Waals surface area contributed by atoms with Crippen LogP contribution in [0.1, 0.15) is 23.8 Å². The molecular weight excluding hydrogens is 312 g/mol. The molecule has 0 radical (unpaired) electrons. The maximum Gasteiger partial charge on any atom is 0.191 e. The fraction of sp³-hybridized carbons (Fsp3) is 0.350. The van der Waals surface area contributed by atoms with Crippen LogP contribution in [0.15, 0.2) is 52.2 Å². The smallest absolute Gasteiger partial charge is 0.191 e. The van der Waals surface area contributed by atoms with Crippen LogP contribution in [0.3, 0.4) is 0 Å². The van der Waals surface area contributed by atoms with Gasteiger partial charge in [0.2, 0.25) is 0 Å². The highest BCUT2D eigenvalue weighted by Gasteiger charge is 2.04. The number of aromatic amines is 1. The topological polar surface area (TPSA) is 65.3 Å². The van der Waals surface area contributed by atoms with Crippen molar-refractivity contribution in [2.75, 3.05) is 19.6 Å². The Balaban J connectivity index is 1.53. The largest absolute Gasteiger partial charge is 0.469 e. The van der Waals surface area contributed by atoms with E-state index in [0.717, 1.165) is 37.7 Å². The lowest BCUT2D eigenvalue weighted by Crippen LogP contribution is -2.38. The Bertz CT molecular complexity index is 817. The number of aryl methyl sites for hydroxylation is 1. The van der Waals surface area contributed by atoms with Gasteiger partial charge in [0.05, 0.1) is 6.26 Å². The van der Waals surface area contributed by atoms with Crippen molar-refractivity contribution in [3.63, 3.8) is 0 Å². The standard InChI is InChI=1S/C20H26N4O/c1-3-21-20(23-11-9-17-5-4-12-25-17)22-10-8-16-14-24-19-13-15(2)6-7-18(16)19/h4-7,12-14,24H,3,8-11H2,1-2H3,(H2,21,22,23). The molecule has 2 aromatic heterocycles. The van der Waals surface area contributed by atoms with Crippen LogP contribution in [0.4, 0.5) is 0 Å².